The van der Waals surface area contributed by atoms with Gasteiger partial charge >= 0.3 is 12.1 Å². The topological polar surface area (TPSA) is 72.4 Å². The van der Waals surface area contributed by atoms with Crippen molar-refractivity contribution in [3.05, 3.63) is 67.7 Å². The number of carbonyl (C=O) groups is 1. The first-order chi connectivity index (χ1) is 18.9. The second-order valence-electron chi connectivity index (χ2n) is 9.41. The number of aromatic amines is 1. The number of hydrogen-bond acceptors (Lipinski definition) is 6. The molecule has 3 rings (SSSR count). The lowest BCUT2D eigenvalue weighted by molar-refractivity contribution is -0.141. The minimum atomic E-state index is -4.72. The van der Waals surface area contributed by atoms with Gasteiger partial charge in [0.25, 0.3) is 0 Å². The maximum atomic E-state index is 14.1. The highest BCUT2D eigenvalue weighted by Gasteiger charge is 2.36. The van der Waals surface area contributed by atoms with Gasteiger partial charge in [-0.3, -0.25) is 14.5 Å². The summed E-state index contributed by atoms with van der Waals surface area (Å²) in [5.74, 6) is 0.244. The first-order valence-corrected chi connectivity index (χ1v) is 13.7. The Balaban J connectivity index is 2.02. The number of halogens is 5. The van der Waals surface area contributed by atoms with Gasteiger partial charge in [-0.1, -0.05) is 35.3 Å². The summed E-state index contributed by atoms with van der Waals surface area (Å²) in [4.78, 5) is 13.5. The van der Waals surface area contributed by atoms with Crippen molar-refractivity contribution in [3.8, 4) is 11.4 Å². The van der Waals surface area contributed by atoms with Gasteiger partial charge in [-0.05, 0) is 87.9 Å². The molecule has 0 aliphatic heterocycles. The molecule has 218 valence electrons. The van der Waals surface area contributed by atoms with Crippen LogP contribution in [0, 0.1) is 11.7 Å². The molecule has 2 aromatic carbocycles. The van der Waals surface area contributed by atoms with Crippen LogP contribution >= 0.6 is 35.4 Å². The molecular formula is C27H31Cl2F3N4O3S. The van der Waals surface area contributed by atoms with Crippen LogP contribution in [-0.2, 0) is 15.7 Å². The van der Waals surface area contributed by atoms with Crippen molar-refractivity contribution in [2.75, 3.05) is 34.4 Å². The summed E-state index contributed by atoms with van der Waals surface area (Å²) in [6.45, 7) is 3.28. The van der Waals surface area contributed by atoms with E-state index in [2.05, 4.69) is 19.8 Å². The normalized spacial score (nSPS) is 12.6. The molecule has 0 spiro atoms. The second kappa shape index (κ2) is 13.8. The highest BCUT2D eigenvalue weighted by molar-refractivity contribution is 7.71. The lowest BCUT2D eigenvalue weighted by Crippen LogP contribution is -2.22. The van der Waals surface area contributed by atoms with Gasteiger partial charge in [0.1, 0.15) is 11.6 Å². The maximum Gasteiger partial charge on any atom is 0.418 e. The molecule has 1 unspecified atom stereocenters. The van der Waals surface area contributed by atoms with Gasteiger partial charge in [-0.25, -0.2) is 0 Å². The number of methoxy groups -OCH3 is 2. The van der Waals surface area contributed by atoms with Crippen LogP contribution < -0.4 is 4.74 Å². The van der Waals surface area contributed by atoms with Crippen LogP contribution in [0.2, 0.25) is 10.0 Å². The van der Waals surface area contributed by atoms with E-state index >= 15 is 0 Å². The highest BCUT2D eigenvalue weighted by atomic mass is 35.5. The molecule has 13 heteroatoms. The number of ether oxygens (including phenoxy) is 2. The largest absolute Gasteiger partial charge is 0.496 e. The Morgan fingerprint density at radius 1 is 1.15 bits per heavy atom. The SMILES string of the molecule is COC(=O)CCCN(C)CCCC(c1ccc(C)c(OC)c1)c1n[nH]c(=S)n1-c1cc(Cl)c(Cl)cc1C(F)(F)F. The van der Waals surface area contributed by atoms with Gasteiger partial charge in [0, 0.05) is 12.3 Å². The number of H-pyrrole nitrogens is 1. The molecular weight excluding hydrogens is 588 g/mol. The van der Waals surface area contributed by atoms with Crippen LogP contribution in [-0.4, -0.2) is 60.0 Å². The number of benzene rings is 2. The number of aromatic nitrogens is 3. The second-order valence-corrected chi connectivity index (χ2v) is 10.6. The molecule has 0 amide bonds. The van der Waals surface area contributed by atoms with E-state index in [1.165, 1.54) is 11.7 Å². The van der Waals surface area contributed by atoms with Crippen LogP contribution in [0.3, 0.4) is 0 Å². The third kappa shape index (κ3) is 7.78. The summed E-state index contributed by atoms with van der Waals surface area (Å²) in [5.41, 5.74) is 0.476. The summed E-state index contributed by atoms with van der Waals surface area (Å²) >= 11 is 17.6. The van der Waals surface area contributed by atoms with Gasteiger partial charge in [0.15, 0.2) is 4.77 Å². The lowest BCUT2D eigenvalue weighted by Gasteiger charge is -2.23. The van der Waals surface area contributed by atoms with Crippen molar-refractivity contribution in [1.82, 2.24) is 19.7 Å². The lowest BCUT2D eigenvalue weighted by atomic mass is 9.92. The minimum Gasteiger partial charge on any atom is -0.496 e. The molecule has 3 aromatic rings. The van der Waals surface area contributed by atoms with E-state index in [4.69, 9.17) is 40.2 Å². The van der Waals surface area contributed by atoms with E-state index in [0.29, 0.717) is 50.3 Å². The van der Waals surface area contributed by atoms with Crippen molar-refractivity contribution >= 4 is 41.4 Å². The van der Waals surface area contributed by atoms with E-state index in [1.807, 2.05) is 32.2 Å². The maximum absolute atomic E-state index is 14.1. The quantitative estimate of drug-likeness (QED) is 0.169. The van der Waals surface area contributed by atoms with Crippen molar-refractivity contribution in [2.24, 2.45) is 0 Å². The zero-order chi connectivity index (χ0) is 29.6. The Morgan fingerprint density at radius 3 is 2.48 bits per heavy atom. The van der Waals surface area contributed by atoms with Gasteiger partial charge in [0.05, 0.1) is 35.5 Å². The molecule has 1 atom stereocenters. The number of hydrogen-bond donors (Lipinski definition) is 1. The zero-order valence-corrected chi connectivity index (χ0v) is 24.9. The number of aryl methyl sites for hydroxylation is 1. The van der Waals surface area contributed by atoms with Crippen LogP contribution in [0.4, 0.5) is 13.2 Å². The molecule has 7 nitrogen and oxygen atoms in total. The van der Waals surface area contributed by atoms with Gasteiger partial charge in [-0.15, -0.1) is 0 Å². The van der Waals surface area contributed by atoms with Crippen LogP contribution in [0.25, 0.3) is 5.69 Å². The minimum absolute atomic E-state index is 0.0112. The molecule has 1 aromatic heterocycles. The number of carbonyl (C=O) groups excluding carboxylic acids is 1. The standard InChI is InChI=1S/C27H31Cl2F3N4O3S/c1-16-9-10-17(13-23(16)38-3)18(7-5-11-35(2)12-6-8-24(37)39-4)25-33-34-26(40)36(25)22-15-21(29)20(28)14-19(22)27(30,31)32/h9-10,13-15,18H,5-8,11-12H2,1-4H3,(H,34,40). The van der Waals surface area contributed by atoms with Crippen molar-refractivity contribution in [2.45, 2.75) is 44.7 Å². The van der Waals surface area contributed by atoms with Crippen molar-refractivity contribution < 1.29 is 27.4 Å². The van der Waals surface area contributed by atoms with Crippen molar-refractivity contribution in [1.29, 1.82) is 0 Å². The fraction of sp³-hybridized carbons (Fsp3) is 0.444. The van der Waals surface area contributed by atoms with Gasteiger partial charge in [0.2, 0.25) is 0 Å². The van der Waals surface area contributed by atoms with Crippen molar-refractivity contribution in [3.63, 3.8) is 0 Å². The Labute approximate surface area is 246 Å². The summed E-state index contributed by atoms with van der Waals surface area (Å²) in [6.07, 6.45) is -2.52. The summed E-state index contributed by atoms with van der Waals surface area (Å²) < 4.78 is 53.8. The number of alkyl halides is 3. The number of rotatable bonds is 12. The molecule has 1 heterocycles. The van der Waals surface area contributed by atoms with Gasteiger partial charge < -0.3 is 14.4 Å². The third-order valence-electron chi connectivity index (χ3n) is 6.61. The van der Waals surface area contributed by atoms with E-state index in [-0.39, 0.29) is 26.5 Å². The summed E-state index contributed by atoms with van der Waals surface area (Å²) in [7, 11) is 4.87. The first-order valence-electron chi connectivity index (χ1n) is 12.5. The fourth-order valence-corrected chi connectivity index (χ4v) is 5.05. The Hall–Kier alpha value is -2.60. The zero-order valence-electron chi connectivity index (χ0n) is 22.6. The van der Waals surface area contributed by atoms with Gasteiger partial charge in [-0.2, -0.15) is 18.3 Å². The molecule has 1 N–H and O–H groups in total. The molecule has 0 aliphatic rings. The molecule has 0 aliphatic carbocycles. The molecule has 0 bridgehead atoms. The predicted molar refractivity (Wildman–Crippen MR) is 151 cm³/mol. The molecule has 0 fully saturated rings. The number of esters is 1. The van der Waals surface area contributed by atoms with E-state index in [0.717, 1.165) is 23.3 Å². The average molecular weight is 620 g/mol. The summed E-state index contributed by atoms with van der Waals surface area (Å²) in [5, 5.41) is 6.80. The third-order valence-corrected chi connectivity index (χ3v) is 7.61. The highest BCUT2D eigenvalue weighted by Crippen LogP contribution is 2.40. The summed E-state index contributed by atoms with van der Waals surface area (Å²) in [6, 6.07) is 7.62. The van der Waals surface area contributed by atoms with Crippen LogP contribution in [0.15, 0.2) is 30.3 Å². The van der Waals surface area contributed by atoms with E-state index in [1.54, 1.807) is 7.11 Å². The van der Waals surface area contributed by atoms with Crippen LogP contribution in [0.5, 0.6) is 5.75 Å². The predicted octanol–water partition coefficient (Wildman–Crippen LogP) is 7.37. The van der Waals surface area contributed by atoms with Crippen LogP contribution in [0.1, 0.15) is 54.1 Å². The molecule has 0 saturated carbocycles. The fourth-order valence-electron chi connectivity index (χ4n) is 4.49. The first kappa shape index (κ1) is 31.9. The molecule has 40 heavy (non-hydrogen) atoms. The smallest absolute Gasteiger partial charge is 0.418 e. The molecule has 0 saturated heterocycles. The Morgan fingerprint density at radius 2 is 1.82 bits per heavy atom. The van der Waals surface area contributed by atoms with E-state index in [9.17, 15) is 18.0 Å². The average Bonchev–Trinajstić information content (AvgIpc) is 3.28. The number of nitrogens with one attached hydrogen (secondary N) is 1. The monoisotopic (exact) mass is 618 g/mol. The van der Waals surface area contributed by atoms with E-state index < -0.39 is 17.7 Å². The Bertz CT molecular complexity index is 1390. The Kier molecular flexibility index (Phi) is 11.0. The number of nitrogens with zero attached hydrogens (tertiary/aromatic N) is 3. The molecule has 0 radical (unpaired) electrons.